The van der Waals surface area contributed by atoms with E-state index in [1.807, 2.05) is 20.0 Å². The van der Waals surface area contributed by atoms with Crippen molar-refractivity contribution in [3.63, 3.8) is 0 Å². The number of imide groups is 1. The average Bonchev–Trinajstić information content (AvgIpc) is 3.44. The third kappa shape index (κ3) is 4.19. The molecule has 1 saturated carbocycles. The standard InChI is InChI=1S/C20H28N6O2.HI/c1-3-21-20(23-12-15-7-9-24-25(15)2)22-8-4-10-26-18(27)16-13-5-6-14(11-13)17(16)19(26)28;/h5-7,9,13-14,16-17H,3-4,8,10-12H2,1-2H3,(H2,21,22,23);1H. The largest absolute Gasteiger partial charge is 0.357 e. The first-order valence-electron chi connectivity index (χ1n) is 10.1. The van der Waals surface area contributed by atoms with Crippen molar-refractivity contribution >= 4 is 41.8 Å². The minimum Gasteiger partial charge on any atom is -0.357 e. The second kappa shape index (κ2) is 9.27. The number of fused-ring (bicyclic) bond motifs is 5. The maximum atomic E-state index is 12.7. The summed E-state index contributed by atoms with van der Waals surface area (Å²) in [6.07, 6.45) is 7.69. The van der Waals surface area contributed by atoms with Crippen molar-refractivity contribution in [3.05, 3.63) is 30.1 Å². The SMILES string of the molecule is CCNC(=NCc1ccnn1C)NCCCN1C(=O)C2C3C=CC(C3)C2C1=O.I. The van der Waals surface area contributed by atoms with Crippen molar-refractivity contribution in [3.8, 4) is 0 Å². The Bertz CT molecular complexity index is 790. The van der Waals surface area contributed by atoms with Crippen LogP contribution in [0.4, 0.5) is 0 Å². The van der Waals surface area contributed by atoms with Crippen LogP contribution in [-0.2, 0) is 23.2 Å². The van der Waals surface area contributed by atoms with Gasteiger partial charge in [0.1, 0.15) is 0 Å². The van der Waals surface area contributed by atoms with E-state index in [0.29, 0.717) is 26.1 Å². The molecular formula is C20H29IN6O2. The molecule has 2 fully saturated rings. The fraction of sp³-hybridized carbons (Fsp3) is 0.600. The van der Waals surface area contributed by atoms with Crippen molar-refractivity contribution in [2.45, 2.75) is 26.3 Å². The van der Waals surface area contributed by atoms with Gasteiger partial charge in [0.05, 0.1) is 24.1 Å². The Labute approximate surface area is 188 Å². The zero-order valence-corrected chi connectivity index (χ0v) is 19.2. The van der Waals surface area contributed by atoms with Gasteiger partial charge in [0.25, 0.3) is 0 Å². The second-order valence-corrected chi connectivity index (χ2v) is 7.75. The Morgan fingerprint density at radius 1 is 1.21 bits per heavy atom. The van der Waals surface area contributed by atoms with Crippen molar-refractivity contribution < 1.29 is 9.59 Å². The van der Waals surface area contributed by atoms with E-state index >= 15 is 0 Å². The minimum atomic E-state index is -0.103. The first kappa shape index (κ1) is 21.8. The molecule has 4 atom stereocenters. The summed E-state index contributed by atoms with van der Waals surface area (Å²) >= 11 is 0. The number of aliphatic imine (C=N–C) groups is 1. The molecule has 4 rings (SSSR count). The number of allylic oxidation sites excluding steroid dienone is 2. The highest BCUT2D eigenvalue weighted by Crippen LogP contribution is 2.52. The summed E-state index contributed by atoms with van der Waals surface area (Å²) in [5.41, 5.74) is 1.03. The van der Waals surface area contributed by atoms with Gasteiger partial charge in [-0.05, 0) is 37.7 Å². The first-order chi connectivity index (χ1) is 13.6. The number of guanidine groups is 1. The summed E-state index contributed by atoms with van der Waals surface area (Å²) in [5.74, 6) is 1.12. The number of amides is 2. The molecule has 0 spiro atoms. The van der Waals surface area contributed by atoms with Gasteiger partial charge in [0.2, 0.25) is 11.8 Å². The van der Waals surface area contributed by atoms with E-state index in [2.05, 4.69) is 32.9 Å². The van der Waals surface area contributed by atoms with Gasteiger partial charge in [-0.25, -0.2) is 4.99 Å². The number of aryl methyl sites for hydroxylation is 1. The number of halogens is 1. The summed E-state index contributed by atoms with van der Waals surface area (Å²) in [6.45, 7) is 4.43. The van der Waals surface area contributed by atoms with Crippen molar-refractivity contribution in [1.29, 1.82) is 0 Å². The van der Waals surface area contributed by atoms with E-state index in [4.69, 9.17) is 0 Å². The number of hydrogen-bond donors (Lipinski definition) is 2. The van der Waals surface area contributed by atoms with Crippen molar-refractivity contribution in [2.24, 2.45) is 35.7 Å². The molecule has 3 aliphatic rings. The Hall–Kier alpha value is -1.91. The quantitative estimate of drug-likeness (QED) is 0.144. The predicted molar refractivity (Wildman–Crippen MR) is 120 cm³/mol. The molecule has 9 heteroatoms. The van der Waals surface area contributed by atoms with Crippen LogP contribution in [-0.4, -0.2) is 52.1 Å². The lowest BCUT2D eigenvalue weighted by molar-refractivity contribution is -0.140. The van der Waals surface area contributed by atoms with E-state index in [1.54, 1.807) is 10.9 Å². The topological polar surface area (TPSA) is 91.6 Å². The Morgan fingerprint density at radius 3 is 2.48 bits per heavy atom. The van der Waals surface area contributed by atoms with Gasteiger partial charge in [-0.1, -0.05) is 12.2 Å². The lowest BCUT2D eigenvalue weighted by Crippen LogP contribution is -2.40. The number of carbonyl (C=O) groups excluding carboxylic acids is 2. The summed E-state index contributed by atoms with van der Waals surface area (Å²) in [5, 5.41) is 10.6. The molecule has 2 bridgehead atoms. The molecule has 1 saturated heterocycles. The number of carbonyl (C=O) groups is 2. The van der Waals surface area contributed by atoms with Crippen LogP contribution in [0.5, 0.6) is 0 Å². The van der Waals surface area contributed by atoms with Crippen molar-refractivity contribution in [2.75, 3.05) is 19.6 Å². The molecule has 1 aromatic heterocycles. The Morgan fingerprint density at radius 2 is 1.90 bits per heavy atom. The number of hydrogen-bond acceptors (Lipinski definition) is 4. The van der Waals surface area contributed by atoms with Gasteiger partial charge in [-0.3, -0.25) is 19.2 Å². The molecule has 0 radical (unpaired) electrons. The fourth-order valence-corrected chi connectivity index (χ4v) is 4.69. The Kier molecular flexibility index (Phi) is 6.97. The molecule has 2 aliphatic carbocycles. The molecule has 1 aliphatic heterocycles. The number of rotatable bonds is 7. The first-order valence-corrected chi connectivity index (χ1v) is 10.1. The normalized spacial score (nSPS) is 27.4. The lowest BCUT2D eigenvalue weighted by atomic mass is 9.85. The molecule has 2 amide bonds. The van der Waals surface area contributed by atoms with Crippen molar-refractivity contribution in [1.82, 2.24) is 25.3 Å². The van der Waals surface area contributed by atoms with E-state index in [1.165, 1.54) is 4.90 Å². The highest BCUT2D eigenvalue weighted by atomic mass is 127. The zero-order valence-electron chi connectivity index (χ0n) is 16.9. The molecule has 158 valence electrons. The number of likely N-dealkylation sites (tertiary alicyclic amines) is 1. The maximum Gasteiger partial charge on any atom is 0.233 e. The lowest BCUT2D eigenvalue weighted by Gasteiger charge is -2.18. The minimum absolute atomic E-state index is 0. The van der Waals surface area contributed by atoms with Crippen LogP contribution in [0.3, 0.4) is 0 Å². The summed E-state index contributed by atoms with van der Waals surface area (Å²) in [4.78, 5) is 31.4. The molecule has 2 heterocycles. The zero-order chi connectivity index (χ0) is 19.7. The van der Waals surface area contributed by atoms with Gasteiger partial charge in [0, 0.05) is 32.9 Å². The molecule has 0 aromatic carbocycles. The number of nitrogens with one attached hydrogen (secondary N) is 2. The van der Waals surface area contributed by atoms with Gasteiger partial charge in [-0.2, -0.15) is 5.10 Å². The highest BCUT2D eigenvalue weighted by molar-refractivity contribution is 14.0. The molecule has 4 unspecified atom stereocenters. The monoisotopic (exact) mass is 512 g/mol. The van der Waals surface area contributed by atoms with E-state index < -0.39 is 0 Å². The van der Waals surface area contributed by atoms with Crippen LogP contribution in [0.1, 0.15) is 25.5 Å². The Balaban J connectivity index is 0.00000240. The average molecular weight is 512 g/mol. The second-order valence-electron chi connectivity index (χ2n) is 7.75. The number of nitrogens with zero attached hydrogens (tertiary/aromatic N) is 4. The van der Waals surface area contributed by atoms with Gasteiger partial charge in [0.15, 0.2) is 5.96 Å². The summed E-state index contributed by atoms with van der Waals surface area (Å²) in [6, 6.07) is 1.94. The molecule has 29 heavy (non-hydrogen) atoms. The van der Waals surface area contributed by atoms with Crippen LogP contribution >= 0.6 is 24.0 Å². The smallest absolute Gasteiger partial charge is 0.233 e. The maximum absolute atomic E-state index is 12.7. The van der Waals surface area contributed by atoms with Crippen LogP contribution in [0.25, 0.3) is 0 Å². The fourth-order valence-electron chi connectivity index (χ4n) is 4.69. The number of aromatic nitrogens is 2. The van der Waals surface area contributed by atoms with Crippen LogP contribution in [0.2, 0.25) is 0 Å². The van der Waals surface area contributed by atoms with Crippen LogP contribution in [0.15, 0.2) is 29.4 Å². The molecular weight excluding hydrogens is 483 g/mol. The summed E-state index contributed by atoms with van der Waals surface area (Å²) in [7, 11) is 1.90. The third-order valence-corrected chi connectivity index (χ3v) is 6.08. The van der Waals surface area contributed by atoms with E-state index in [0.717, 1.165) is 24.6 Å². The predicted octanol–water partition coefficient (Wildman–Crippen LogP) is 1.29. The van der Waals surface area contributed by atoms with Gasteiger partial charge in [-0.15, -0.1) is 24.0 Å². The molecule has 8 nitrogen and oxygen atoms in total. The molecule has 2 N–H and O–H groups in total. The molecule has 1 aromatic rings. The highest BCUT2D eigenvalue weighted by Gasteiger charge is 2.58. The van der Waals surface area contributed by atoms with E-state index in [-0.39, 0.29) is 59.5 Å². The van der Waals surface area contributed by atoms with Crippen LogP contribution < -0.4 is 10.6 Å². The van der Waals surface area contributed by atoms with Crippen LogP contribution in [0, 0.1) is 23.7 Å². The van der Waals surface area contributed by atoms with Gasteiger partial charge >= 0.3 is 0 Å². The van der Waals surface area contributed by atoms with E-state index in [9.17, 15) is 9.59 Å². The third-order valence-electron chi connectivity index (χ3n) is 6.08. The summed E-state index contributed by atoms with van der Waals surface area (Å²) < 4.78 is 1.80. The van der Waals surface area contributed by atoms with Gasteiger partial charge < -0.3 is 10.6 Å².